The van der Waals surface area contributed by atoms with Gasteiger partial charge < -0.3 is 14.4 Å². The Hall–Kier alpha value is -2.28. The summed E-state index contributed by atoms with van der Waals surface area (Å²) in [5.41, 5.74) is 0.988. The van der Waals surface area contributed by atoms with Crippen molar-refractivity contribution < 1.29 is 9.47 Å². The normalized spacial score (nSPS) is 14.9. The number of pyridine rings is 1. The molecule has 0 unspecified atom stereocenters. The van der Waals surface area contributed by atoms with Gasteiger partial charge in [0.05, 0.1) is 19.8 Å². The molecule has 1 saturated heterocycles. The van der Waals surface area contributed by atoms with Crippen LogP contribution in [0.4, 0.5) is 5.95 Å². The first-order chi connectivity index (χ1) is 10.8. The van der Waals surface area contributed by atoms with E-state index < -0.39 is 0 Å². The molecule has 7 heteroatoms. The van der Waals surface area contributed by atoms with Gasteiger partial charge >= 0.3 is 6.01 Å². The van der Waals surface area contributed by atoms with E-state index in [4.69, 9.17) is 9.47 Å². The molecule has 0 saturated carbocycles. The highest BCUT2D eigenvalue weighted by Crippen LogP contribution is 2.13. The molecule has 1 aliphatic heterocycles. The van der Waals surface area contributed by atoms with Crippen molar-refractivity contribution >= 4 is 5.95 Å². The number of anilines is 1. The summed E-state index contributed by atoms with van der Waals surface area (Å²) in [7, 11) is 0. The van der Waals surface area contributed by atoms with Gasteiger partial charge in [-0.15, -0.1) is 0 Å². The molecular weight excluding hydrogens is 282 g/mol. The quantitative estimate of drug-likeness (QED) is 0.816. The van der Waals surface area contributed by atoms with Crippen molar-refractivity contribution in [3.63, 3.8) is 0 Å². The lowest BCUT2D eigenvalue weighted by molar-refractivity contribution is 0.122. The zero-order valence-corrected chi connectivity index (χ0v) is 12.6. The highest BCUT2D eigenvalue weighted by atomic mass is 16.5. The zero-order valence-electron chi connectivity index (χ0n) is 12.6. The number of hydrogen-bond acceptors (Lipinski definition) is 7. The SMILES string of the molecule is Cc1nc(OCCc2ccccn2)nc(N2CCOCC2)n1. The van der Waals surface area contributed by atoms with Gasteiger partial charge in [-0.05, 0) is 19.1 Å². The second-order valence-electron chi connectivity index (χ2n) is 4.98. The fourth-order valence-corrected chi connectivity index (χ4v) is 2.21. The molecule has 0 bridgehead atoms. The third-order valence-electron chi connectivity index (χ3n) is 3.32. The molecule has 2 aromatic heterocycles. The molecule has 116 valence electrons. The summed E-state index contributed by atoms with van der Waals surface area (Å²) in [5, 5.41) is 0. The molecule has 0 aliphatic carbocycles. The number of ether oxygens (including phenoxy) is 2. The van der Waals surface area contributed by atoms with Crippen molar-refractivity contribution in [2.75, 3.05) is 37.8 Å². The number of rotatable bonds is 5. The van der Waals surface area contributed by atoms with Crippen molar-refractivity contribution in [1.29, 1.82) is 0 Å². The van der Waals surface area contributed by atoms with Crippen LogP contribution in [0, 0.1) is 6.92 Å². The van der Waals surface area contributed by atoms with Crippen LogP contribution in [-0.2, 0) is 11.2 Å². The Kier molecular flexibility index (Phi) is 4.75. The second kappa shape index (κ2) is 7.13. The van der Waals surface area contributed by atoms with Crippen LogP contribution in [0.15, 0.2) is 24.4 Å². The summed E-state index contributed by atoms with van der Waals surface area (Å²) in [6, 6.07) is 6.20. The van der Waals surface area contributed by atoms with Crippen LogP contribution >= 0.6 is 0 Å². The fourth-order valence-electron chi connectivity index (χ4n) is 2.21. The number of morpholine rings is 1. The molecule has 3 heterocycles. The summed E-state index contributed by atoms with van der Waals surface area (Å²) >= 11 is 0. The van der Waals surface area contributed by atoms with E-state index >= 15 is 0 Å². The lowest BCUT2D eigenvalue weighted by Crippen LogP contribution is -2.37. The molecule has 0 aromatic carbocycles. The largest absolute Gasteiger partial charge is 0.463 e. The van der Waals surface area contributed by atoms with Crippen LogP contribution in [0.1, 0.15) is 11.5 Å². The van der Waals surface area contributed by atoms with Crippen molar-refractivity contribution in [2.24, 2.45) is 0 Å². The summed E-state index contributed by atoms with van der Waals surface area (Å²) in [6.07, 6.45) is 2.50. The molecule has 0 amide bonds. The van der Waals surface area contributed by atoms with Gasteiger partial charge in [0.25, 0.3) is 0 Å². The second-order valence-corrected chi connectivity index (χ2v) is 4.98. The van der Waals surface area contributed by atoms with Gasteiger partial charge in [-0.1, -0.05) is 6.07 Å². The molecule has 3 rings (SSSR count). The molecule has 0 radical (unpaired) electrons. The van der Waals surface area contributed by atoms with E-state index in [0.29, 0.717) is 37.6 Å². The van der Waals surface area contributed by atoms with Crippen LogP contribution in [-0.4, -0.2) is 52.8 Å². The minimum Gasteiger partial charge on any atom is -0.463 e. The minimum atomic E-state index is 0.366. The van der Waals surface area contributed by atoms with Gasteiger partial charge in [-0.3, -0.25) is 4.98 Å². The lowest BCUT2D eigenvalue weighted by Gasteiger charge is -2.26. The highest BCUT2D eigenvalue weighted by molar-refractivity contribution is 5.31. The predicted molar refractivity (Wildman–Crippen MR) is 81.0 cm³/mol. The predicted octanol–water partition coefficient (Wildman–Crippen LogP) is 1.03. The van der Waals surface area contributed by atoms with Crippen LogP contribution in [0.3, 0.4) is 0 Å². The fraction of sp³-hybridized carbons (Fsp3) is 0.467. The molecule has 0 atom stereocenters. The van der Waals surface area contributed by atoms with E-state index in [1.165, 1.54) is 0 Å². The first kappa shape index (κ1) is 14.6. The molecule has 2 aromatic rings. The van der Waals surface area contributed by atoms with E-state index in [2.05, 4.69) is 24.8 Å². The van der Waals surface area contributed by atoms with Gasteiger partial charge in [0, 0.05) is 31.4 Å². The van der Waals surface area contributed by atoms with Gasteiger partial charge in [-0.25, -0.2) is 0 Å². The molecule has 0 spiro atoms. The van der Waals surface area contributed by atoms with E-state index in [0.717, 1.165) is 25.2 Å². The maximum Gasteiger partial charge on any atom is 0.321 e. The van der Waals surface area contributed by atoms with Crippen molar-refractivity contribution in [1.82, 2.24) is 19.9 Å². The Morgan fingerprint density at radius 3 is 2.82 bits per heavy atom. The summed E-state index contributed by atoms with van der Waals surface area (Å²) in [5.74, 6) is 1.31. The highest BCUT2D eigenvalue weighted by Gasteiger charge is 2.16. The van der Waals surface area contributed by atoms with Crippen LogP contribution in [0.5, 0.6) is 6.01 Å². The molecule has 1 fully saturated rings. The lowest BCUT2D eigenvalue weighted by atomic mass is 10.3. The van der Waals surface area contributed by atoms with Crippen molar-refractivity contribution in [3.8, 4) is 6.01 Å². The maximum atomic E-state index is 5.66. The summed E-state index contributed by atoms with van der Waals surface area (Å²) < 4.78 is 11.0. The number of hydrogen-bond donors (Lipinski definition) is 0. The third-order valence-corrected chi connectivity index (χ3v) is 3.32. The third kappa shape index (κ3) is 3.88. The zero-order chi connectivity index (χ0) is 15.2. The Labute approximate surface area is 129 Å². The van der Waals surface area contributed by atoms with E-state index in [9.17, 15) is 0 Å². The molecule has 1 aliphatic rings. The Morgan fingerprint density at radius 2 is 2.05 bits per heavy atom. The maximum absolute atomic E-state index is 5.66. The van der Waals surface area contributed by atoms with E-state index in [1.54, 1.807) is 6.20 Å². The Morgan fingerprint density at radius 1 is 1.18 bits per heavy atom. The van der Waals surface area contributed by atoms with Crippen LogP contribution in [0.25, 0.3) is 0 Å². The standard InChI is InChI=1S/C15H19N5O2/c1-12-17-14(20-7-10-21-11-8-20)19-15(18-12)22-9-5-13-4-2-3-6-16-13/h2-4,6H,5,7-11H2,1H3. The molecular formula is C15H19N5O2. The van der Waals surface area contributed by atoms with Crippen LogP contribution < -0.4 is 9.64 Å². The average Bonchev–Trinajstić information content (AvgIpc) is 2.56. The van der Waals surface area contributed by atoms with E-state index in [1.807, 2.05) is 25.1 Å². The van der Waals surface area contributed by atoms with E-state index in [-0.39, 0.29) is 0 Å². The minimum absolute atomic E-state index is 0.366. The molecule has 0 N–H and O–H groups in total. The number of nitrogens with zero attached hydrogens (tertiary/aromatic N) is 5. The van der Waals surface area contributed by atoms with Gasteiger partial charge in [-0.2, -0.15) is 15.0 Å². The number of aromatic nitrogens is 4. The van der Waals surface area contributed by atoms with Crippen molar-refractivity contribution in [2.45, 2.75) is 13.3 Å². The summed E-state index contributed by atoms with van der Waals surface area (Å²) in [4.78, 5) is 19.4. The first-order valence-corrected chi connectivity index (χ1v) is 7.39. The van der Waals surface area contributed by atoms with Gasteiger partial charge in [0.1, 0.15) is 5.82 Å². The van der Waals surface area contributed by atoms with Crippen molar-refractivity contribution in [3.05, 3.63) is 35.9 Å². The van der Waals surface area contributed by atoms with Crippen LogP contribution in [0.2, 0.25) is 0 Å². The van der Waals surface area contributed by atoms with Gasteiger partial charge in [0.2, 0.25) is 5.95 Å². The Balaban J connectivity index is 1.62. The molecule has 22 heavy (non-hydrogen) atoms. The topological polar surface area (TPSA) is 73.3 Å². The van der Waals surface area contributed by atoms with Gasteiger partial charge in [0.15, 0.2) is 0 Å². The average molecular weight is 301 g/mol. The molecule has 7 nitrogen and oxygen atoms in total. The first-order valence-electron chi connectivity index (χ1n) is 7.39. The smallest absolute Gasteiger partial charge is 0.321 e. The number of aryl methyl sites for hydroxylation is 1. The summed E-state index contributed by atoms with van der Waals surface area (Å²) in [6.45, 7) is 5.30. The monoisotopic (exact) mass is 301 g/mol. The Bertz CT molecular complexity index is 602.